The van der Waals surface area contributed by atoms with Crippen LogP contribution in [0.4, 0.5) is 0 Å². The van der Waals surface area contributed by atoms with Gasteiger partial charge in [-0.3, -0.25) is 9.59 Å². The second kappa shape index (κ2) is 6.18. The third-order valence-electron chi connectivity index (χ3n) is 6.16. The molecule has 0 amide bonds. The van der Waals surface area contributed by atoms with Crippen molar-refractivity contribution >= 4 is 17.3 Å². The van der Waals surface area contributed by atoms with Crippen molar-refractivity contribution in [3.05, 3.63) is 82.1 Å². The number of hydrogen-bond donors (Lipinski definition) is 1. The lowest BCUT2D eigenvalue weighted by molar-refractivity contribution is -0.118. The van der Waals surface area contributed by atoms with Crippen molar-refractivity contribution in [1.29, 1.82) is 0 Å². The molecule has 0 fully saturated rings. The number of dihydropyridines is 1. The summed E-state index contributed by atoms with van der Waals surface area (Å²) >= 11 is 0. The van der Waals surface area contributed by atoms with Crippen LogP contribution >= 0.6 is 0 Å². The van der Waals surface area contributed by atoms with Crippen LogP contribution in [0.1, 0.15) is 54.1 Å². The van der Waals surface area contributed by atoms with E-state index in [0.29, 0.717) is 17.6 Å². The van der Waals surface area contributed by atoms with Crippen LogP contribution < -0.4 is 10.1 Å². The van der Waals surface area contributed by atoms with Gasteiger partial charge in [-0.25, -0.2) is 0 Å². The number of ketones is 2. The largest absolute Gasteiger partial charge is 0.497 e. The number of allylic oxidation sites excluding steroid dienone is 3. The SMILES string of the molecule is COc1cccc([C@H]2C3=C(CC(C)(C)CC3=O)NC3=C2C(=O)c2ccccc23)c1. The Kier molecular flexibility index (Phi) is 3.82. The van der Waals surface area contributed by atoms with E-state index in [2.05, 4.69) is 19.2 Å². The van der Waals surface area contributed by atoms with Gasteiger partial charge in [0.05, 0.1) is 12.8 Å². The van der Waals surface area contributed by atoms with Gasteiger partial charge >= 0.3 is 0 Å². The minimum absolute atomic E-state index is 0.0000959. The molecule has 0 radical (unpaired) electrons. The number of methoxy groups -OCH3 is 1. The van der Waals surface area contributed by atoms with Crippen molar-refractivity contribution in [1.82, 2.24) is 5.32 Å². The van der Waals surface area contributed by atoms with Gasteiger partial charge in [-0.1, -0.05) is 50.2 Å². The molecule has 0 aromatic heterocycles. The quantitative estimate of drug-likeness (QED) is 0.819. The Labute approximate surface area is 170 Å². The topological polar surface area (TPSA) is 55.4 Å². The molecule has 0 saturated heterocycles. The summed E-state index contributed by atoms with van der Waals surface area (Å²) in [6, 6.07) is 15.4. The van der Waals surface area contributed by atoms with Crippen LogP contribution in [0.3, 0.4) is 0 Å². The van der Waals surface area contributed by atoms with Gasteiger partial charge in [0.15, 0.2) is 11.6 Å². The van der Waals surface area contributed by atoms with Crippen LogP contribution in [-0.4, -0.2) is 18.7 Å². The summed E-state index contributed by atoms with van der Waals surface area (Å²) in [6.07, 6.45) is 1.26. The standard InChI is InChI=1S/C25H23NO3/c1-25(2)12-18-21(19(27)13-25)20(14-7-6-8-15(11-14)29-3)22-23(26-18)16-9-4-5-10-17(16)24(22)28/h4-11,20,26H,12-13H2,1-3H3/t20-/m0/s1. The van der Waals surface area contributed by atoms with Gasteiger partial charge in [-0.2, -0.15) is 0 Å². The zero-order valence-corrected chi connectivity index (χ0v) is 16.8. The van der Waals surface area contributed by atoms with Gasteiger partial charge in [0.2, 0.25) is 0 Å². The van der Waals surface area contributed by atoms with Crippen molar-refractivity contribution in [2.24, 2.45) is 5.41 Å². The maximum absolute atomic E-state index is 13.4. The van der Waals surface area contributed by atoms with E-state index in [1.807, 2.05) is 48.5 Å². The minimum Gasteiger partial charge on any atom is -0.497 e. The summed E-state index contributed by atoms with van der Waals surface area (Å²) in [5.74, 6) is 0.462. The first-order chi connectivity index (χ1) is 13.9. The number of nitrogens with one attached hydrogen (secondary N) is 1. The molecule has 2 aromatic rings. The summed E-state index contributed by atoms with van der Waals surface area (Å²) < 4.78 is 5.42. The maximum Gasteiger partial charge on any atom is 0.192 e. The van der Waals surface area contributed by atoms with Gasteiger partial charge in [0.1, 0.15) is 5.75 Å². The Morgan fingerprint density at radius 3 is 2.48 bits per heavy atom. The van der Waals surface area contributed by atoms with Crippen LogP contribution in [0.5, 0.6) is 5.75 Å². The molecule has 0 spiro atoms. The zero-order valence-electron chi connectivity index (χ0n) is 16.8. The highest BCUT2D eigenvalue weighted by atomic mass is 16.5. The van der Waals surface area contributed by atoms with Crippen molar-refractivity contribution in [2.45, 2.75) is 32.6 Å². The summed E-state index contributed by atoms with van der Waals surface area (Å²) in [7, 11) is 1.63. The number of rotatable bonds is 2. The van der Waals surface area contributed by atoms with Crippen molar-refractivity contribution in [2.75, 3.05) is 7.11 Å². The molecule has 2 aromatic carbocycles. The molecule has 1 aliphatic heterocycles. The predicted molar refractivity (Wildman–Crippen MR) is 112 cm³/mol. The smallest absolute Gasteiger partial charge is 0.192 e. The third kappa shape index (κ3) is 2.66. The number of fused-ring (bicyclic) bond motifs is 2. The predicted octanol–water partition coefficient (Wildman–Crippen LogP) is 4.63. The first kappa shape index (κ1) is 17.9. The lowest BCUT2D eigenvalue weighted by atomic mass is 9.68. The first-order valence-corrected chi connectivity index (χ1v) is 9.95. The summed E-state index contributed by atoms with van der Waals surface area (Å²) in [6.45, 7) is 4.24. The minimum atomic E-state index is -0.375. The molecule has 146 valence electrons. The highest BCUT2D eigenvalue weighted by Crippen LogP contribution is 2.51. The fraction of sp³-hybridized carbons (Fsp3) is 0.280. The van der Waals surface area contributed by atoms with Crippen LogP contribution in [0.25, 0.3) is 5.70 Å². The number of ether oxygens (including phenoxy) is 1. The highest BCUT2D eigenvalue weighted by Gasteiger charge is 2.46. The molecule has 0 bridgehead atoms. The van der Waals surface area contributed by atoms with Crippen molar-refractivity contribution in [3.63, 3.8) is 0 Å². The fourth-order valence-electron chi connectivity index (χ4n) is 4.94. The maximum atomic E-state index is 13.4. The molecule has 2 aliphatic carbocycles. The molecule has 1 heterocycles. The fourth-order valence-corrected chi connectivity index (χ4v) is 4.94. The second-order valence-electron chi connectivity index (χ2n) is 8.83. The number of Topliss-reactive ketones (excluding diaryl/α,β-unsaturated/α-hetero) is 2. The molecule has 4 heteroatoms. The van der Waals surface area contributed by atoms with Crippen LogP contribution in [0, 0.1) is 5.41 Å². The van der Waals surface area contributed by atoms with Gasteiger partial charge < -0.3 is 10.1 Å². The first-order valence-electron chi connectivity index (χ1n) is 9.95. The Morgan fingerprint density at radius 1 is 0.966 bits per heavy atom. The summed E-state index contributed by atoms with van der Waals surface area (Å²) in [4.78, 5) is 26.7. The van der Waals surface area contributed by atoms with Gasteiger partial charge in [-0.05, 0) is 29.5 Å². The lowest BCUT2D eigenvalue weighted by Gasteiger charge is -2.39. The van der Waals surface area contributed by atoms with E-state index in [4.69, 9.17) is 4.74 Å². The average molecular weight is 385 g/mol. The molecular weight excluding hydrogens is 362 g/mol. The molecule has 5 rings (SSSR count). The van der Waals surface area contributed by atoms with E-state index in [1.165, 1.54) is 0 Å². The van der Waals surface area contributed by atoms with E-state index in [1.54, 1.807) is 7.11 Å². The normalized spacial score (nSPS) is 22.1. The lowest BCUT2D eigenvalue weighted by Crippen LogP contribution is -2.37. The van der Waals surface area contributed by atoms with Crippen molar-refractivity contribution in [3.8, 4) is 5.75 Å². The second-order valence-corrected chi connectivity index (χ2v) is 8.83. The van der Waals surface area contributed by atoms with E-state index >= 15 is 0 Å². The number of benzene rings is 2. The Hall–Kier alpha value is -3.14. The average Bonchev–Trinajstić information content (AvgIpc) is 2.98. The Bertz CT molecular complexity index is 1140. The van der Waals surface area contributed by atoms with Crippen LogP contribution in [0.2, 0.25) is 0 Å². The monoisotopic (exact) mass is 385 g/mol. The van der Waals surface area contributed by atoms with Gasteiger partial charge in [-0.15, -0.1) is 0 Å². The molecule has 3 aliphatic rings. The third-order valence-corrected chi connectivity index (χ3v) is 6.16. The number of carbonyl (C=O) groups is 2. The molecule has 4 nitrogen and oxygen atoms in total. The molecular formula is C25H23NO3. The molecule has 1 atom stereocenters. The Balaban J connectivity index is 1.75. The van der Waals surface area contributed by atoms with E-state index in [-0.39, 0.29) is 22.9 Å². The van der Waals surface area contributed by atoms with Crippen LogP contribution in [0.15, 0.2) is 65.4 Å². The number of hydrogen-bond acceptors (Lipinski definition) is 4. The highest BCUT2D eigenvalue weighted by molar-refractivity contribution is 6.23. The van der Waals surface area contributed by atoms with E-state index in [0.717, 1.165) is 40.3 Å². The molecule has 0 unspecified atom stereocenters. The molecule has 0 saturated carbocycles. The Morgan fingerprint density at radius 2 is 1.72 bits per heavy atom. The summed E-state index contributed by atoms with van der Waals surface area (Å²) in [5, 5.41) is 3.50. The number of carbonyl (C=O) groups excluding carboxylic acids is 2. The van der Waals surface area contributed by atoms with Gasteiger partial charge in [0, 0.05) is 40.3 Å². The van der Waals surface area contributed by atoms with Crippen molar-refractivity contribution < 1.29 is 14.3 Å². The zero-order chi connectivity index (χ0) is 20.3. The summed E-state index contributed by atoms with van der Waals surface area (Å²) in [5.41, 5.74) is 5.63. The molecule has 29 heavy (non-hydrogen) atoms. The van der Waals surface area contributed by atoms with Crippen LogP contribution in [-0.2, 0) is 4.79 Å². The van der Waals surface area contributed by atoms with E-state index < -0.39 is 0 Å². The van der Waals surface area contributed by atoms with E-state index in [9.17, 15) is 9.59 Å². The van der Waals surface area contributed by atoms with Gasteiger partial charge in [0.25, 0.3) is 0 Å². The molecule has 1 N–H and O–H groups in total.